The second kappa shape index (κ2) is 9.14. The first kappa shape index (κ1) is 23.6. The number of nitrogen functional groups attached to an aromatic ring is 1. The van der Waals surface area contributed by atoms with Crippen molar-refractivity contribution in [1.29, 1.82) is 0 Å². The van der Waals surface area contributed by atoms with Crippen molar-refractivity contribution < 1.29 is 18.7 Å². The minimum Gasteiger partial charge on any atom is -0.391 e. The molecular formula is C24H26F2N6O2S. The Morgan fingerprint density at radius 2 is 2.00 bits per heavy atom. The number of nitrogens with two attached hydrogens (primary N) is 2. The Bertz CT molecular complexity index is 1270. The van der Waals surface area contributed by atoms with Gasteiger partial charge in [-0.25, -0.2) is 13.8 Å². The number of thiazole rings is 1. The predicted octanol–water partition coefficient (Wildman–Crippen LogP) is 2.95. The van der Waals surface area contributed by atoms with Crippen LogP contribution in [0.25, 0.3) is 10.6 Å². The molecule has 11 heteroatoms. The molecule has 0 saturated carbocycles. The number of fused-ring (bicyclic) bond motifs is 1. The van der Waals surface area contributed by atoms with E-state index in [1.807, 2.05) is 6.92 Å². The van der Waals surface area contributed by atoms with Crippen LogP contribution in [0.1, 0.15) is 35.1 Å². The predicted molar refractivity (Wildman–Crippen MR) is 131 cm³/mol. The SMILES string of the molecule is CC1CN(c2c(NC(=O)c3nc(-c4c(F)cccc4F)sc3N)cnc3c2CCC3)CC(N)C1O. The Kier molecular flexibility index (Phi) is 6.16. The molecule has 0 radical (unpaired) electrons. The van der Waals surface area contributed by atoms with Crippen LogP contribution in [0.15, 0.2) is 24.4 Å². The number of piperidine rings is 1. The van der Waals surface area contributed by atoms with Gasteiger partial charge in [0.15, 0.2) is 5.69 Å². The number of aliphatic hydroxyl groups excluding tert-OH is 1. The number of aliphatic hydroxyl groups is 1. The van der Waals surface area contributed by atoms with Crippen molar-refractivity contribution in [2.75, 3.05) is 29.0 Å². The molecule has 3 heterocycles. The number of hydrogen-bond acceptors (Lipinski definition) is 8. The van der Waals surface area contributed by atoms with Crippen molar-refractivity contribution in [3.8, 4) is 10.6 Å². The van der Waals surface area contributed by atoms with Gasteiger partial charge in [-0.1, -0.05) is 24.3 Å². The minimum atomic E-state index is -0.784. The normalized spacial score (nSPS) is 21.7. The Hall–Kier alpha value is -3.15. The number of aromatic nitrogens is 2. The third kappa shape index (κ3) is 4.24. The first-order valence-electron chi connectivity index (χ1n) is 11.5. The first-order chi connectivity index (χ1) is 16.7. The fourth-order valence-electron chi connectivity index (χ4n) is 4.93. The molecule has 3 aromatic rings. The maximum absolute atomic E-state index is 14.2. The van der Waals surface area contributed by atoms with Crippen molar-refractivity contribution in [3.63, 3.8) is 0 Å². The lowest BCUT2D eigenvalue weighted by molar-refractivity contribution is 0.0785. The maximum Gasteiger partial charge on any atom is 0.277 e. The number of hydrogen-bond donors (Lipinski definition) is 4. The van der Waals surface area contributed by atoms with Crippen LogP contribution in [-0.4, -0.2) is 46.2 Å². The molecule has 1 saturated heterocycles. The number of anilines is 3. The van der Waals surface area contributed by atoms with E-state index in [-0.39, 0.29) is 27.2 Å². The number of nitrogens with one attached hydrogen (secondary N) is 1. The van der Waals surface area contributed by atoms with Crippen LogP contribution < -0.4 is 21.7 Å². The number of carbonyl (C=O) groups is 1. The highest BCUT2D eigenvalue weighted by molar-refractivity contribution is 7.19. The van der Waals surface area contributed by atoms with E-state index in [1.165, 1.54) is 6.07 Å². The molecule has 3 atom stereocenters. The second-order valence-electron chi connectivity index (χ2n) is 9.12. The average molecular weight is 501 g/mol. The zero-order valence-electron chi connectivity index (χ0n) is 19.1. The van der Waals surface area contributed by atoms with Gasteiger partial charge in [0.05, 0.1) is 29.2 Å². The molecule has 2 aliphatic rings. The highest BCUT2D eigenvalue weighted by atomic mass is 32.1. The molecule has 1 amide bonds. The average Bonchev–Trinajstić information content (AvgIpc) is 3.43. The van der Waals surface area contributed by atoms with Crippen LogP contribution in [0.4, 0.5) is 25.2 Å². The number of benzene rings is 1. The fraction of sp³-hybridized carbons (Fsp3) is 0.375. The summed E-state index contributed by atoms with van der Waals surface area (Å²) in [4.78, 5) is 24.0. The molecule has 2 aromatic heterocycles. The maximum atomic E-state index is 14.2. The van der Waals surface area contributed by atoms with Gasteiger partial charge in [0.2, 0.25) is 0 Å². The molecular weight excluding hydrogens is 474 g/mol. The Labute approximate surface area is 205 Å². The molecule has 35 heavy (non-hydrogen) atoms. The number of nitrogens with zero attached hydrogens (tertiary/aromatic N) is 3. The summed E-state index contributed by atoms with van der Waals surface area (Å²) in [6.45, 7) is 2.94. The zero-order valence-corrected chi connectivity index (χ0v) is 19.9. The molecule has 8 nitrogen and oxygen atoms in total. The van der Waals surface area contributed by atoms with E-state index in [2.05, 4.69) is 20.2 Å². The lowest BCUT2D eigenvalue weighted by Gasteiger charge is -2.41. The van der Waals surface area contributed by atoms with Crippen molar-refractivity contribution in [3.05, 3.63) is 53.0 Å². The topological polar surface area (TPSA) is 130 Å². The molecule has 1 aromatic carbocycles. The van der Waals surface area contributed by atoms with Crippen LogP contribution in [-0.2, 0) is 12.8 Å². The second-order valence-corrected chi connectivity index (χ2v) is 10.1. The number of aryl methyl sites for hydroxylation is 1. The van der Waals surface area contributed by atoms with Crippen LogP contribution in [0, 0.1) is 17.6 Å². The molecule has 5 rings (SSSR count). The molecule has 184 valence electrons. The summed E-state index contributed by atoms with van der Waals surface area (Å²) in [5.41, 5.74) is 15.2. The molecule has 1 aliphatic heterocycles. The number of halogens is 2. The molecule has 1 aliphatic carbocycles. The van der Waals surface area contributed by atoms with Crippen molar-refractivity contribution in [2.24, 2.45) is 11.7 Å². The van der Waals surface area contributed by atoms with Gasteiger partial charge >= 0.3 is 0 Å². The summed E-state index contributed by atoms with van der Waals surface area (Å²) >= 11 is 0.843. The van der Waals surface area contributed by atoms with E-state index in [1.54, 1.807) is 6.20 Å². The van der Waals surface area contributed by atoms with E-state index in [9.17, 15) is 18.7 Å². The summed E-state index contributed by atoms with van der Waals surface area (Å²) in [7, 11) is 0. The molecule has 1 fully saturated rings. The van der Waals surface area contributed by atoms with Gasteiger partial charge in [-0.15, -0.1) is 0 Å². The largest absolute Gasteiger partial charge is 0.391 e. The van der Waals surface area contributed by atoms with E-state index < -0.39 is 29.7 Å². The Morgan fingerprint density at radius 1 is 1.26 bits per heavy atom. The number of carbonyl (C=O) groups excluding carboxylic acids is 1. The summed E-state index contributed by atoms with van der Waals surface area (Å²) in [6, 6.07) is 3.08. The van der Waals surface area contributed by atoms with Gasteiger partial charge in [0.25, 0.3) is 5.91 Å². The summed E-state index contributed by atoms with van der Waals surface area (Å²) < 4.78 is 28.5. The first-order valence-corrected chi connectivity index (χ1v) is 12.3. The lowest BCUT2D eigenvalue weighted by atomic mass is 9.92. The Morgan fingerprint density at radius 3 is 2.71 bits per heavy atom. The molecule has 0 spiro atoms. The summed E-state index contributed by atoms with van der Waals surface area (Å²) in [5.74, 6) is -2.22. The summed E-state index contributed by atoms with van der Waals surface area (Å²) in [6.07, 6.45) is 3.64. The van der Waals surface area contributed by atoms with Crippen molar-refractivity contribution in [1.82, 2.24) is 9.97 Å². The third-order valence-electron chi connectivity index (χ3n) is 6.65. The zero-order chi connectivity index (χ0) is 24.9. The highest BCUT2D eigenvalue weighted by Gasteiger charge is 2.34. The van der Waals surface area contributed by atoms with E-state index in [0.29, 0.717) is 18.8 Å². The highest BCUT2D eigenvalue weighted by Crippen LogP contribution is 2.39. The van der Waals surface area contributed by atoms with Crippen LogP contribution in [0.5, 0.6) is 0 Å². The van der Waals surface area contributed by atoms with Gasteiger partial charge < -0.3 is 26.8 Å². The van der Waals surface area contributed by atoms with Gasteiger partial charge in [0, 0.05) is 30.7 Å². The fourth-order valence-corrected chi connectivity index (χ4v) is 5.80. The number of rotatable bonds is 4. The van der Waals surface area contributed by atoms with E-state index in [4.69, 9.17) is 11.5 Å². The monoisotopic (exact) mass is 500 g/mol. The van der Waals surface area contributed by atoms with Gasteiger partial charge in [-0.05, 0) is 37.0 Å². The minimum absolute atomic E-state index is 0.0135. The smallest absolute Gasteiger partial charge is 0.277 e. The number of amides is 1. The Balaban J connectivity index is 1.49. The lowest BCUT2D eigenvalue weighted by Crippen LogP contribution is -2.56. The molecule has 0 bridgehead atoms. The quantitative estimate of drug-likeness (QED) is 0.433. The van der Waals surface area contributed by atoms with Crippen LogP contribution in [0.3, 0.4) is 0 Å². The molecule has 3 unspecified atom stereocenters. The van der Waals surface area contributed by atoms with Gasteiger partial charge in [-0.2, -0.15) is 0 Å². The van der Waals surface area contributed by atoms with E-state index >= 15 is 0 Å². The summed E-state index contributed by atoms with van der Waals surface area (Å²) in [5, 5.41) is 13.2. The van der Waals surface area contributed by atoms with Gasteiger partial charge in [-0.3, -0.25) is 9.78 Å². The van der Waals surface area contributed by atoms with Crippen LogP contribution >= 0.6 is 11.3 Å². The third-order valence-corrected chi connectivity index (χ3v) is 7.55. The molecule has 6 N–H and O–H groups in total. The number of pyridine rings is 1. The van der Waals surface area contributed by atoms with Gasteiger partial charge in [0.1, 0.15) is 21.6 Å². The standard InChI is InChI=1S/C24H26F2N6O2S/c1-11-9-32(10-15(27)21(11)33)20-12-4-2-7-16(12)29-8-17(20)30-23(34)19-22(28)35-24(31-19)18-13(25)5-3-6-14(18)26/h3,5-6,8,11,15,21,33H,2,4,7,9-10,27-28H2,1H3,(H,30,34). The van der Waals surface area contributed by atoms with Crippen LogP contribution in [0.2, 0.25) is 0 Å². The van der Waals surface area contributed by atoms with E-state index in [0.717, 1.165) is 59.7 Å². The van der Waals surface area contributed by atoms with Crippen molar-refractivity contribution >= 4 is 33.6 Å². The van der Waals surface area contributed by atoms with Crippen molar-refractivity contribution in [2.45, 2.75) is 38.3 Å².